The quantitative estimate of drug-likeness (QED) is 0.628. The average molecular weight is 188 g/mol. The molecule has 13 heavy (non-hydrogen) atoms. The van der Waals surface area contributed by atoms with Crippen molar-refractivity contribution in [3.05, 3.63) is 0 Å². The van der Waals surface area contributed by atoms with Crippen molar-refractivity contribution in [2.45, 2.75) is 38.4 Å². The molecular formula is C10H17FO2. The third kappa shape index (κ3) is 1.72. The lowest BCUT2D eigenvalue weighted by Gasteiger charge is -2.40. The fourth-order valence-electron chi connectivity index (χ4n) is 2.15. The lowest BCUT2D eigenvalue weighted by atomic mass is 9.74. The van der Waals surface area contributed by atoms with E-state index in [4.69, 9.17) is 9.47 Å². The minimum Gasteiger partial charge on any atom is -0.348 e. The molecule has 3 heteroatoms. The third-order valence-electron chi connectivity index (χ3n) is 3.36. The fourth-order valence-corrected chi connectivity index (χ4v) is 2.15. The van der Waals surface area contributed by atoms with E-state index in [2.05, 4.69) is 0 Å². The molecule has 0 aromatic carbocycles. The summed E-state index contributed by atoms with van der Waals surface area (Å²) in [6.45, 7) is 3.19. The zero-order valence-electron chi connectivity index (χ0n) is 8.14. The number of ether oxygens (including phenoxy) is 2. The van der Waals surface area contributed by atoms with Crippen LogP contribution in [0.15, 0.2) is 0 Å². The minimum absolute atomic E-state index is 0.124. The van der Waals surface area contributed by atoms with Crippen molar-refractivity contribution in [3.63, 3.8) is 0 Å². The number of rotatable bonds is 1. The number of alkyl halides is 1. The van der Waals surface area contributed by atoms with Crippen molar-refractivity contribution < 1.29 is 13.9 Å². The lowest BCUT2D eigenvalue weighted by Crippen LogP contribution is -2.39. The van der Waals surface area contributed by atoms with Gasteiger partial charge in [-0.1, -0.05) is 6.92 Å². The van der Waals surface area contributed by atoms with Gasteiger partial charge in [0, 0.05) is 12.8 Å². The summed E-state index contributed by atoms with van der Waals surface area (Å²) in [5, 5.41) is 0. The Balaban J connectivity index is 1.95. The normalized spacial score (nSPS) is 30.9. The second kappa shape index (κ2) is 3.21. The Hall–Kier alpha value is -0.150. The number of halogens is 1. The molecule has 76 valence electrons. The van der Waals surface area contributed by atoms with Gasteiger partial charge in [0.05, 0.1) is 19.9 Å². The van der Waals surface area contributed by atoms with Gasteiger partial charge in [0.2, 0.25) is 0 Å². The van der Waals surface area contributed by atoms with E-state index in [0.717, 1.165) is 25.7 Å². The Kier molecular flexibility index (Phi) is 2.32. The molecule has 2 rings (SSSR count). The third-order valence-corrected chi connectivity index (χ3v) is 3.36. The van der Waals surface area contributed by atoms with Crippen LogP contribution in [0.5, 0.6) is 0 Å². The number of hydrogen-bond donors (Lipinski definition) is 0. The maximum absolute atomic E-state index is 12.7. The van der Waals surface area contributed by atoms with E-state index in [0.29, 0.717) is 13.2 Å². The van der Waals surface area contributed by atoms with E-state index in [-0.39, 0.29) is 17.9 Å². The molecule has 1 aliphatic carbocycles. The van der Waals surface area contributed by atoms with Gasteiger partial charge in [0.25, 0.3) is 0 Å². The van der Waals surface area contributed by atoms with Crippen molar-refractivity contribution in [1.29, 1.82) is 0 Å². The summed E-state index contributed by atoms with van der Waals surface area (Å²) in [6, 6.07) is 0. The van der Waals surface area contributed by atoms with Gasteiger partial charge < -0.3 is 9.47 Å². The Morgan fingerprint density at radius 3 is 2.08 bits per heavy atom. The SMILES string of the molecule is CC1(CF)CCC2(CC1)OCCO2. The van der Waals surface area contributed by atoms with Gasteiger partial charge in [-0.05, 0) is 18.3 Å². The van der Waals surface area contributed by atoms with Crippen LogP contribution in [0.25, 0.3) is 0 Å². The average Bonchev–Trinajstić information content (AvgIpc) is 2.61. The van der Waals surface area contributed by atoms with Crippen LogP contribution < -0.4 is 0 Å². The van der Waals surface area contributed by atoms with Crippen LogP contribution >= 0.6 is 0 Å². The molecule has 0 aromatic rings. The van der Waals surface area contributed by atoms with Crippen LogP contribution in [-0.2, 0) is 9.47 Å². The van der Waals surface area contributed by atoms with E-state index in [1.807, 2.05) is 6.92 Å². The highest BCUT2D eigenvalue weighted by Gasteiger charge is 2.44. The monoisotopic (exact) mass is 188 g/mol. The Morgan fingerprint density at radius 2 is 1.62 bits per heavy atom. The Labute approximate surface area is 78.4 Å². The summed E-state index contributed by atoms with van der Waals surface area (Å²) in [4.78, 5) is 0. The van der Waals surface area contributed by atoms with Crippen LogP contribution in [0, 0.1) is 5.41 Å². The second-order valence-electron chi connectivity index (χ2n) is 4.55. The standard InChI is InChI=1S/C10H17FO2/c1-9(8-11)2-4-10(5-3-9)12-6-7-13-10/h2-8H2,1H3. The molecule has 0 aromatic heterocycles. The van der Waals surface area contributed by atoms with Crippen LogP contribution in [0.1, 0.15) is 32.6 Å². The molecule has 1 heterocycles. The van der Waals surface area contributed by atoms with E-state index in [1.54, 1.807) is 0 Å². The van der Waals surface area contributed by atoms with Crippen LogP contribution in [0.3, 0.4) is 0 Å². The van der Waals surface area contributed by atoms with Crippen molar-refractivity contribution in [2.24, 2.45) is 5.41 Å². The smallest absolute Gasteiger partial charge is 0.168 e. The van der Waals surface area contributed by atoms with Gasteiger partial charge in [-0.15, -0.1) is 0 Å². The molecule has 1 spiro atoms. The molecule has 1 saturated heterocycles. The van der Waals surface area contributed by atoms with E-state index in [9.17, 15) is 4.39 Å². The van der Waals surface area contributed by atoms with Crippen LogP contribution in [0.2, 0.25) is 0 Å². The topological polar surface area (TPSA) is 18.5 Å². The van der Waals surface area contributed by atoms with E-state index < -0.39 is 0 Å². The maximum Gasteiger partial charge on any atom is 0.168 e. The first-order chi connectivity index (χ1) is 6.18. The van der Waals surface area contributed by atoms with Crippen molar-refractivity contribution in [3.8, 4) is 0 Å². The zero-order valence-corrected chi connectivity index (χ0v) is 8.14. The first-order valence-corrected chi connectivity index (χ1v) is 5.02. The second-order valence-corrected chi connectivity index (χ2v) is 4.55. The molecule has 0 atom stereocenters. The summed E-state index contributed by atoms with van der Waals surface area (Å²) in [7, 11) is 0. The highest BCUT2D eigenvalue weighted by molar-refractivity contribution is 4.88. The molecule has 1 saturated carbocycles. The highest BCUT2D eigenvalue weighted by atomic mass is 19.1. The van der Waals surface area contributed by atoms with Gasteiger partial charge in [0.1, 0.15) is 0 Å². The van der Waals surface area contributed by atoms with Gasteiger partial charge in [0.15, 0.2) is 5.79 Å². The predicted octanol–water partition coefficient (Wildman–Crippen LogP) is 2.28. The molecule has 0 radical (unpaired) electrons. The maximum atomic E-state index is 12.7. The van der Waals surface area contributed by atoms with Gasteiger partial charge >= 0.3 is 0 Å². The molecule has 1 aliphatic heterocycles. The van der Waals surface area contributed by atoms with E-state index >= 15 is 0 Å². The van der Waals surface area contributed by atoms with Crippen LogP contribution in [0.4, 0.5) is 4.39 Å². The Morgan fingerprint density at radius 1 is 1.08 bits per heavy atom. The summed E-state index contributed by atoms with van der Waals surface area (Å²) in [6.07, 6.45) is 3.47. The van der Waals surface area contributed by atoms with Gasteiger partial charge in [-0.2, -0.15) is 0 Å². The van der Waals surface area contributed by atoms with Crippen molar-refractivity contribution in [1.82, 2.24) is 0 Å². The number of hydrogen-bond acceptors (Lipinski definition) is 2. The molecule has 2 fully saturated rings. The molecule has 2 nitrogen and oxygen atoms in total. The predicted molar refractivity (Wildman–Crippen MR) is 47.2 cm³/mol. The zero-order chi connectivity index (χ0) is 9.36. The first-order valence-electron chi connectivity index (χ1n) is 5.02. The molecule has 0 N–H and O–H groups in total. The highest BCUT2D eigenvalue weighted by Crippen LogP contribution is 2.44. The van der Waals surface area contributed by atoms with Crippen LogP contribution in [-0.4, -0.2) is 25.7 Å². The van der Waals surface area contributed by atoms with E-state index in [1.165, 1.54) is 0 Å². The molecule has 0 unspecified atom stereocenters. The van der Waals surface area contributed by atoms with Gasteiger partial charge in [-0.25, -0.2) is 0 Å². The molecular weight excluding hydrogens is 171 g/mol. The van der Waals surface area contributed by atoms with Crippen molar-refractivity contribution in [2.75, 3.05) is 19.9 Å². The summed E-state index contributed by atoms with van der Waals surface area (Å²) in [5.41, 5.74) is -0.124. The molecule has 2 aliphatic rings. The van der Waals surface area contributed by atoms with Gasteiger partial charge in [-0.3, -0.25) is 4.39 Å². The Bertz CT molecular complexity index is 177. The largest absolute Gasteiger partial charge is 0.348 e. The first kappa shape index (κ1) is 9.41. The summed E-state index contributed by atoms with van der Waals surface area (Å²) < 4.78 is 23.8. The molecule has 0 amide bonds. The van der Waals surface area contributed by atoms with Crippen molar-refractivity contribution >= 4 is 0 Å². The summed E-state index contributed by atoms with van der Waals surface area (Å²) >= 11 is 0. The lowest BCUT2D eigenvalue weighted by molar-refractivity contribution is -0.191. The minimum atomic E-state index is -0.339. The fraction of sp³-hybridized carbons (Fsp3) is 1.00. The molecule has 0 bridgehead atoms. The summed E-state index contributed by atoms with van der Waals surface area (Å²) in [5.74, 6) is -0.339.